The summed E-state index contributed by atoms with van der Waals surface area (Å²) in [6, 6.07) is 45.2. The van der Waals surface area contributed by atoms with Crippen molar-refractivity contribution < 1.29 is 29.0 Å². The van der Waals surface area contributed by atoms with Gasteiger partial charge in [0.1, 0.15) is 6.61 Å². The Balaban J connectivity index is 1.31. The minimum absolute atomic E-state index is 0.0777. The number of ether oxygens (including phenoxy) is 2. The summed E-state index contributed by atoms with van der Waals surface area (Å²) in [5, 5.41) is 13.3. The highest BCUT2D eigenvalue weighted by Gasteiger charge is 2.40. The number of hydrogen-bond acceptors (Lipinski definition) is 7. The molecule has 0 fully saturated rings. The van der Waals surface area contributed by atoms with Crippen LogP contribution in [0.5, 0.6) is 0 Å². The lowest BCUT2D eigenvalue weighted by atomic mass is 9.84. The number of benzene rings is 5. The van der Waals surface area contributed by atoms with Gasteiger partial charge in [-0.3, -0.25) is 9.59 Å². The van der Waals surface area contributed by atoms with Crippen LogP contribution in [0.15, 0.2) is 140 Å². The SMILES string of the molecule is COC(=O)[C@H](CC(=O)[C@@H](CSC(c1ccccc1)(c1ccccc1)c1ccccc1)NC(=O)OCC1c2ccccc2-c2ccccc21)[C@H](C)O. The van der Waals surface area contributed by atoms with Crippen LogP contribution in [0.4, 0.5) is 4.79 Å². The third kappa shape index (κ3) is 7.62. The molecular weight excluding hydrogens is 659 g/mol. The highest BCUT2D eigenvalue weighted by Crippen LogP contribution is 2.49. The molecule has 0 unspecified atom stereocenters. The van der Waals surface area contributed by atoms with Crippen LogP contribution in [0.2, 0.25) is 0 Å². The summed E-state index contributed by atoms with van der Waals surface area (Å²) >= 11 is 1.51. The van der Waals surface area contributed by atoms with Crippen molar-refractivity contribution in [1.29, 1.82) is 0 Å². The first-order valence-corrected chi connectivity index (χ1v) is 18.0. The summed E-state index contributed by atoms with van der Waals surface area (Å²) in [7, 11) is 1.22. The van der Waals surface area contributed by atoms with E-state index >= 15 is 0 Å². The van der Waals surface area contributed by atoms with Crippen molar-refractivity contribution in [2.45, 2.75) is 36.2 Å². The third-order valence-corrected chi connectivity index (χ3v) is 11.2. The van der Waals surface area contributed by atoms with Crippen molar-refractivity contribution in [1.82, 2.24) is 5.32 Å². The average molecular weight is 700 g/mol. The van der Waals surface area contributed by atoms with Crippen LogP contribution in [-0.4, -0.2) is 54.6 Å². The number of nitrogens with one attached hydrogen (secondary N) is 1. The molecule has 8 heteroatoms. The molecular formula is C43H41NO6S. The number of thioether (sulfide) groups is 1. The zero-order valence-corrected chi connectivity index (χ0v) is 29.4. The van der Waals surface area contributed by atoms with E-state index < -0.39 is 40.7 Å². The van der Waals surface area contributed by atoms with E-state index in [1.54, 1.807) is 0 Å². The molecule has 5 aromatic rings. The van der Waals surface area contributed by atoms with E-state index in [4.69, 9.17) is 9.47 Å². The molecule has 1 aliphatic rings. The maximum absolute atomic E-state index is 14.1. The summed E-state index contributed by atoms with van der Waals surface area (Å²) in [6.45, 7) is 1.52. The smallest absolute Gasteiger partial charge is 0.407 e. The summed E-state index contributed by atoms with van der Waals surface area (Å²) in [4.78, 5) is 40.4. The van der Waals surface area contributed by atoms with Crippen LogP contribution in [0.3, 0.4) is 0 Å². The number of Topliss-reactive ketones (excluding diaryl/α,β-unsaturated/α-hetero) is 1. The molecule has 0 saturated heterocycles. The quantitative estimate of drug-likeness (QED) is 0.0903. The Morgan fingerprint density at radius 2 is 1.18 bits per heavy atom. The fraction of sp³-hybridized carbons (Fsp3) is 0.233. The predicted octanol–water partition coefficient (Wildman–Crippen LogP) is 7.75. The predicted molar refractivity (Wildman–Crippen MR) is 200 cm³/mol. The van der Waals surface area contributed by atoms with Crippen molar-refractivity contribution in [2.75, 3.05) is 19.5 Å². The van der Waals surface area contributed by atoms with Crippen molar-refractivity contribution in [3.05, 3.63) is 167 Å². The molecule has 0 bridgehead atoms. The number of rotatable bonds is 14. The fourth-order valence-corrected chi connectivity index (χ4v) is 8.53. The van der Waals surface area contributed by atoms with E-state index in [0.717, 1.165) is 38.9 Å². The molecule has 0 spiro atoms. The number of alkyl carbamates (subject to hydrolysis) is 1. The Bertz CT molecular complexity index is 1810. The third-order valence-electron chi connectivity index (χ3n) is 9.54. The Hall–Kier alpha value is -5.18. The van der Waals surface area contributed by atoms with E-state index in [2.05, 4.69) is 53.8 Å². The highest BCUT2D eigenvalue weighted by molar-refractivity contribution is 8.00. The number of aliphatic hydroxyl groups excluding tert-OH is 1. The molecule has 260 valence electrons. The molecule has 0 aromatic heterocycles. The molecule has 0 heterocycles. The van der Waals surface area contributed by atoms with E-state index in [0.29, 0.717) is 0 Å². The summed E-state index contributed by atoms with van der Waals surface area (Å²) < 4.78 is 10.0. The number of amides is 1. The number of carbonyl (C=O) groups is 3. The number of fused-ring (bicyclic) bond motifs is 3. The number of aliphatic hydroxyl groups is 1. The highest BCUT2D eigenvalue weighted by atomic mass is 32.2. The number of carbonyl (C=O) groups excluding carboxylic acids is 3. The van der Waals surface area contributed by atoms with Gasteiger partial charge in [-0.15, -0.1) is 11.8 Å². The van der Waals surface area contributed by atoms with Crippen LogP contribution in [-0.2, 0) is 23.8 Å². The molecule has 1 amide bonds. The topological polar surface area (TPSA) is 102 Å². The van der Waals surface area contributed by atoms with Gasteiger partial charge in [-0.05, 0) is 45.9 Å². The average Bonchev–Trinajstić information content (AvgIpc) is 3.50. The van der Waals surface area contributed by atoms with Gasteiger partial charge in [0.15, 0.2) is 5.78 Å². The lowest BCUT2D eigenvalue weighted by Gasteiger charge is -2.36. The first-order valence-electron chi connectivity index (χ1n) is 17.0. The molecule has 0 radical (unpaired) electrons. The normalized spacial score (nSPS) is 14.0. The van der Waals surface area contributed by atoms with Crippen LogP contribution in [0.1, 0.15) is 47.1 Å². The van der Waals surface area contributed by atoms with Crippen molar-refractivity contribution in [2.24, 2.45) is 5.92 Å². The molecule has 7 nitrogen and oxygen atoms in total. The lowest BCUT2D eigenvalue weighted by molar-refractivity contribution is -0.151. The lowest BCUT2D eigenvalue weighted by Crippen LogP contribution is -2.46. The van der Waals surface area contributed by atoms with Crippen LogP contribution < -0.4 is 5.32 Å². The van der Waals surface area contributed by atoms with Crippen LogP contribution >= 0.6 is 11.8 Å². The monoisotopic (exact) mass is 699 g/mol. The Labute approximate surface area is 303 Å². The van der Waals surface area contributed by atoms with Crippen molar-refractivity contribution in [3.8, 4) is 11.1 Å². The van der Waals surface area contributed by atoms with E-state index in [9.17, 15) is 19.5 Å². The van der Waals surface area contributed by atoms with E-state index in [1.165, 1.54) is 25.8 Å². The van der Waals surface area contributed by atoms with Crippen molar-refractivity contribution >= 4 is 29.6 Å². The minimum Gasteiger partial charge on any atom is -0.469 e. The molecule has 3 atom stereocenters. The maximum Gasteiger partial charge on any atom is 0.407 e. The Morgan fingerprint density at radius 1 is 0.725 bits per heavy atom. The second kappa shape index (κ2) is 16.2. The Kier molecular flexibility index (Phi) is 11.3. The van der Waals surface area contributed by atoms with Crippen LogP contribution in [0.25, 0.3) is 11.1 Å². The number of ketones is 1. The second-order valence-corrected chi connectivity index (χ2v) is 13.9. The molecule has 5 aromatic carbocycles. The standard InChI is InChI=1S/C43H41NO6S/c1-29(45)37(41(47)49-2)26-40(46)39(44-42(48)50-27-38-35-24-14-12-22-33(35)34-23-13-15-25-36(34)38)28-51-43(30-16-6-3-7-17-30,31-18-8-4-9-19-31)32-20-10-5-11-21-32/h3-25,29,37-39,45H,26-28H2,1-2H3,(H,44,48)/t29-,37+,39+/m0/s1. The molecule has 2 N–H and O–H groups in total. The zero-order valence-electron chi connectivity index (χ0n) is 28.6. The second-order valence-electron chi connectivity index (χ2n) is 12.7. The van der Waals surface area contributed by atoms with Gasteiger partial charge in [-0.25, -0.2) is 4.79 Å². The van der Waals surface area contributed by atoms with Gasteiger partial charge >= 0.3 is 12.1 Å². The molecule has 51 heavy (non-hydrogen) atoms. The number of esters is 1. The summed E-state index contributed by atoms with van der Waals surface area (Å²) in [5.74, 6) is -2.24. The van der Waals surface area contributed by atoms with Gasteiger partial charge in [0.05, 0.1) is 29.9 Å². The first kappa shape index (κ1) is 35.6. The van der Waals surface area contributed by atoms with E-state index in [1.807, 2.05) is 91.0 Å². The van der Waals surface area contributed by atoms with Crippen LogP contribution in [0, 0.1) is 5.92 Å². The molecule has 0 saturated carbocycles. The number of methoxy groups -OCH3 is 1. The molecule has 6 rings (SSSR count). The van der Waals surface area contributed by atoms with Gasteiger partial charge in [0.25, 0.3) is 0 Å². The van der Waals surface area contributed by atoms with Gasteiger partial charge < -0.3 is 19.9 Å². The van der Waals surface area contributed by atoms with E-state index in [-0.39, 0.29) is 24.7 Å². The summed E-state index contributed by atoms with van der Waals surface area (Å²) in [6.07, 6.45) is -2.21. The van der Waals surface area contributed by atoms with Gasteiger partial charge in [0.2, 0.25) is 0 Å². The maximum atomic E-state index is 14.1. The minimum atomic E-state index is -1.14. The van der Waals surface area contributed by atoms with Gasteiger partial charge in [-0.2, -0.15) is 0 Å². The molecule has 0 aliphatic heterocycles. The van der Waals surface area contributed by atoms with Gasteiger partial charge in [0, 0.05) is 18.1 Å². The first-order chi connectivity index (χ1) is 24.8. The summed E-state index contributed by atoms with van der Waals surface area (Å²) in [5.41, 5.74) is 7.36. The molecule has 1 aliphatic carbocycles. The zero-order chi connectivity index (χ0) is 35.8. The van der Waals surface area contributed by atoms with Crippen molar-refractivity contribution in [3.63, 3.8) is 0 Å². The fourth-order valence-electron chi connectivity index (χ4n) is 6.94. The Morgan fingerprint density at radius 3 is 1.63 bits per heavy atom. The largest absolute Gasteiger partial charge is 0.469 e. The number of hydrogen-bond donors (Lipinski definition) is 2. The van der Waals surface area contributed by atoms with Gasteiger partial charge in [-0.1, -0.05) is 140 Å².